The summed E-state index contributed by atoms with van der Waals surface area (Å²) < 4.78 is 28.3. The van der Waals surface area contributed by atoms with Crippen molar-refractivity contribution in [2.24, 2.45) is 5.92 Å². The van der Waals surface area contributed by atoms with E-state index in [1.54, 1.807) is 35.2 Å². The largest absolute Gasteiger partial charge is 0.342 e. The van der Waals surface area contributed by atoms with Gasteiger partial charge in [0, 0.05) is 43.2 Å². The fourth-order valence-corrected chi connectivity index (χ4v) is 7.41. The molecule has 2 amide bonds. The highest BCUT2D eigenvalue weighted by atomic mass is 35.5. The van der Waals surface area contributed by atoms with Crippen LogP contribution in [-0.4, -0.2) is 66.6 Å². The van der Waals surface area contributed by atoms with Gasteiger partial charge in [0.25, 0.3) is 0 Å². The minimum Gasteiger partial charge on any atom is -0.342 e. The summed E-state index contributed by atoms with van der Waals surface area (Å²) in [5, 5.41) is 0.589. The molecule has 1 aliphatic heterocycles. The van der Waals surface area contributed by atoms with Crippen molar-refractivity contribution in [3.63, 3.8) is 0 Å². The second kappa shape index (κ2) is 13.3. The molecule has 1 saturated carbocycles. The van der Waals surface area contributed by atoms with Gasteiger partial charge >= 0.3 is 0 Å². The number of nitrogens with zero attached hydrogens (tertiary/aromatic N) is 3. The molecule has 2 aromatic carbocycles. The molecule has 1 heterocycles. The molecule has 39 heavy (non-hydrogen) atoms. The smallest absolute Gasteiger partial charge is 0.243 e. The van der Waals surface area contributed by atoms with Crippen molar-refractivity contribution < 1.29 is 18.0 Å². The Morgan fingerprint density at radius 3 is 2.28 bits per heavy atom. The molecule has 0 atom stereocenters. The number of likely N-dealkylation sites (tertiary alicyclic amines) is 1. The van der Waals surface area contributed by atoms with Gasteiger partial charge in [0.1, 0.15) is 0 Å². The number of hydrogen-bond acceptors (Lipinski definition) is 4. The zero-order valence-electron chi connectivity index (χ0n) is 23.0. The van der Waals surface area contributed by atoms with Crippen LogP contribution >= 0.6 is 11.6 Å². The lowest BCUT2D eigenvalue weighted by Crippen LogP contribution is -2.52. The van der Waals surface area contributed by atoms with Gasteiger partial charge in [-0.1, -0.05) is 61.2 Å². The van der Waals surface area contributed by atoms with Crippen LogP contribution in [0.4, 0.5) is 0 Å². The van der Waals surface area contributed by atoms with Gasteiger partial charge < -0.3 is 9.80 Å². The van der Waals surface area contributed by atoms with Crippen molar-refractivity contribution in [2.45, 2.75) is 76.3 Å². The molecule has 0 spiro atoms. The molecular weight excluding hydrogens is 534 g/mol. The molecule has 1 saturated heterocycles. The molecule has 0 aromatic heterocycles. The average molecular weight is 574 g/mol. The normalized spacial score (nSPS) is 17.1. The van der Waals surface area contributed by atoms with Crippen LogP contribution in [0, 0.1) is 12.8 Å². The molecule has 0 unspecified atom stereocenters. The number of piperidine rings is 1. The number of carbonyl (C=O) groups excluding carboxylic acids is 2. The average Bonchev–Trinajstić information content (AvgIpc) is 3.47. The summed E-state index contributed by atoms with van der Waals surface area (Å²) in [5.41, 5.74) is 1.86. The minimum absolute atomic E-state index is 0.0883. The number of hydrogen-bond donors (Lipinski definition) is 0. The Hall–Kier alpha value is -2.42. The molecule has 2 fully saturated rings. The standard InChI is InChI=1S/C30H40ClN3O4S/c1-3-17-33(39(37,38)28-13-11-23(2)12-14-28)22-29(35)34(21-24-7-6-10-26(31)20-24)27-15-18-32(19-16-27)30(36)25-8-4-5-9-25/h6-7,10-14,20,25,27H,3-5,8-9,15-19,21-22H2,1-2H3. The molecule has 0 radical (unpaired) electrons. The summed E-state index contributed by atoms with van der Waals surface area (Å²) in [4.78, 5) is 30.8. The Morgan fingerprint density at radius 1 is 1.00 bits per heavy atom. The Labute approximate surface area is 238 Å². The number of rotatable bonds is 10. The van der Waals surface area contributed by atoms with E-state index < -0.39 is 10.0 Å². The highest BCUT2D eigenvalue weighted by molar-refractivity contribution is 7.89. The molecule has 2 aromatic rings. The van der Waals surface area contributed by atoms with E-state index in [4.69, 9.17) is 11.6 Å². The van der Waals surface area contributed by atoms with Crippen LogP contribution in [0.3, 0.4) is 0 Å². The van der Waals surface area contributed by atoms with Crippen LogP contribution in [0.15, 0.2) is 53.4 Å². The van der Waals surface area contributed by atoms with Crippen LogP contribution in [-0.2, 0) is 26.2 Å². The maximum absolute atomic E-state index is 13.9. The second-order valence-electron chi connectivity index (χ2n) is 10.8. The van der Waals surface area contributed by atoms with E-state index in [1.807, 2.05) is 36.9 Å². The third kappa shape index (κ3) is 7.41. The zero-order valence-corrected chi connectivity index (χ0v) is 24.6. The highest BCUT2D eigenvalue weighted by Crippen LogP contribution is 2.29. The first-order valence-corrected chi connectivity index (χ1v) is 15.9. The number of carbonyl (C=O) groups is 2. The summed E-state index contributed by atoms with van der Waals surface area (Å²) in [6, 6.07) is 14.1. The van der Waals surface area contributed by atoms with E-state index in [-0.39, 0.29) is 41.8 Å². The maximum atomic E-state index is 13.9. The zero-order chi connectivity index (χ0) is 28.0. The number of amides is 2. The second-order valence-corrected chi connectivity index (χ2v) is 13.2. The summed E-state index contributed by atoms with van der Waals surface area (Å²) >= 11 is 6.24. The number of sulfonamides is 1. The summed E-state index contributed by atoms with van der Waals surface area (Å²) in [5.74, 6) is 0.150. The Balaban J connectivity index is 1.52. The van der Waals surface area contributed by atoms with E-state index >= 15 is 0 Å². The number of halogens is 1. The van der Waals surface area contributed by atoms with Gasteiger partial charge in [0.2, 0.25) is 21.8 Å². The summed E-state index contributed by atoms with van der Waals surface area (Å²) in [7, 11) is -3.84. The van der Waals surface area contributed by atoms with Crippen molar-refractivity contribution in [1.82, 2.24) is 14.1 Å². The van der Waals surface area contributed by atoms with Crippen molar-refractivity contribution in [3.05, 3.63) is 64.7 Å². The maximum Gasteiger partial charge on any atom is 0.243 e. The van der Waals surface area contributed by atoms with Gasteiger partial charge in [-0.2, -0.15) is 4.31 Å². The van der Waals surface area contributed by atoms with Gasteiger partial charge in [-0.15, -0.1) is 0 Å². The molecule has 2 aliphatic rings. The van der Waals surface area contributed by atoms with Crippen molar-refractivity contribution in [2.75, 3.05) is 26.2 Å². The number of benzene rings is 2. The van der Waals surface area contributed by atoms with Crippen LogP contribution in [0.5, 0.6) is 0 Å². The van der Waals surface area contributed by atoms with Crippen LogP contribution in [0.25, 0.3) is 0 Å². The Bertz CT molecular complexity index is 1240. The number of aryl methyl sites for hydroxylation is 1. The minimum atomic E-state index is -3.84. The topological polar surface area (TPSA) is 78.0 Å². The van der Waals surface area contributed by atoms with Gasteiger partial charge in [0.15, 0.2) is 0 Å². The van der Waals surface area contributed by atoms with E-state index in [9.17, 15) is 18.0 Å². The summed E-state index contributed by atoms with van der Waals surface area (Å²) in [6.07, 6.45) is 6.12. The van der Waals surface area contributed by atoms with Gasteiger partial charge in [0.05, 0.1) is 11.4 Å². The quantitative estimate of drug-likeness (QED) is 0.388. The molecule has 0 bridgehead atoms. The van der Waals surface area contributed by atoms with Gasteiger partial charge in [-0.05, 0) is 68.9 Å². The summed E-state index contributed by atoms with van der Waals surface area (Å²) in [6.45, 7) is 5.39. The molecule has 4 rings (SSSR count). The first-order valence-electron chi connectivity index (χ1n) is 14.1. The van der Waals surface area contributed by atoms with Crippen molar-refractivity contribution >= 4 is 33.4 Å². The molecular formula is C30H40ClN3O4S. The van der Waals surface area contributed by atoms with Crippen LogP contribution in [0.2, 0.25) is 5.02 Å². The fraction of sp³-hybridized carbons (Fsp3) is 0.533. The van der Waals surface area contributed by atoms with E-state index in [1.165, 1.54) is 4.31 Å². The van der Waals surface area contributed by atoms with Crippen LogP contribution < -0.4 is 0 Å². The first kappa shape index (κ1) is 29.6. The highest BCUT2D eigenvalue weighted by Gasteiger charge is 2.35. The van der Waals surface area contributed by atoms with E-state index in [0.29, 0.717) is 43.9 Å². The monoisotopic (exact) mass is 573 g/mol. The fourth-order valence-electron chi connectivity index (χ4n) is 5.72. The third-order valence-electron chi connectivity index (χ3n) is 7.93. The third-order valence-corrected chi connectivity index (χ3v) is 10.0. The predicted molar refractivity (Wildman–Crippen MR) is 154 cm³/mol. The Morgan fingerprint density at radius 2 is 1.67 bits per heavy atom. The Kier molecular flexibility index (Phi) is 10.1. The van der Waals surface area contributed by atoms with Gasteiger partial charge in [-0.3, -0.25) is 9.59 Å². The molecule has 7 nitrogen and oxygen atoms in total. The van der Waals surface area contributed by atoms with E-state index in [0.717, 1.165) is 36.8 Å². The van der Waals surface area contributed by atoms with Crippen molar-refractivity contribution in [3.8, 4) is 0 Å². The molecule has 212 valence electrons. The van der Waals surface area contributed by atoms with E-state index in [2.05, 4.69) is 0 Å². The van der Waals surface area contributed by atoms with Gasteiger partial charge in [-0.25, -0.2) is 8.42 Å². The molecule has 1 aliphatic carbocycles. The molecule has 9 heteroatoms. The molecule has 0 N–H and O–H groups in total. The first-order chi connectivity index (χ1) is 18.7. The van der Waals surface area contributed by atoms with Crippen molar-refractivity contribution in [1.29, 1.82) is 0 Å². The lowest BCUT2D eigenvalue weighted by atomic mass is 9.99. The SMILES string of the molecule is CCCN(CC(=O)N(Cc1cccc(Cl)c1)C1CCN(C(=O)C2CCCC2)CC1)S(=O)(=O)c1ccc(C)cc1. The lowest BCUT2D eigenvalue weighted by molar-refractivity contribution is -0.139. The predicted octanol–water partition coefficient (Wildman–Crippen LogP) is 5.26. The van der Waals surface area contributed by atoms with Crippen LogP contribution in [0.1, 0.15) is 63.0 Å². The lowest BCUT2D eigenvalue weighted by Gasteiger charge is -2.40.